The van der Waals surface area contributed by atoms with E-state index in [1.54, 1.807) is 0 Å². The van der Waals surface area contributed by atoms with Crippen LogP contribution in [0.25, 0.3) is 0 Å². The molecule has 2 amide bonds. The highest BCUT2D eigenvalue weighted by molar-refractivity contribution is 7.09. The number of hydrogen-bond donors (Lipinski definition) is 2. The Hall–Kier alpha value is -3.20. The lowest BCUT2D eigenvalue weighted by Crippen LogP contribution is -2.55. The quantitative estimate of drug-likeness (QED) is 0.445. The molecule has 3 aromatic rings. The lowest BCUT2D eigenvalue weighted by atomic mass is 9.64. The largest absolute Gasteiger partial charge is 0.507 e. The van der Waals surface area contributed by atoms with E-state index >= 15 is 0 Å². The van der Waals surface area contributed by atoms with Crippen molar-refractivity contribution in [1.82, 2.24) is 4.90 Å². The summed E-state index contributed by atoms with van der Waals surface area (Å²) in [6.07, 6.45) is 0.223. The molecule has 2 aliphatic heterocycles. The lowest BCUT2D eigenvalue weighted by molar-refractivity contribution is -0.272. The fourth-order valence-corrected chi connectivity index (χ4v) is 7.24. The summed E-state index contributed by atoms with van der Waals surface area (Å²) in [6.45, 7) is 4.07. The number of amides is 2. The Kier molecular flexibility index (Phi) is 6.29. The Morgan fingerprint density at radius 3 is 2.47 bits per heavy atom. The molecule has 198 valence electrons. The predicted molar refractivity (Wildman–Crippen MR) is 141 cm³/mol. The molecule has 2 aromatic carbocycles. The summed E-state index contributed by atoms with van der Waals surface area (Å²) >= 11 is 1.51. The van der Waals surface area contributed by atoms with E-state index in [-0.39, 0.29) is 30.7 Å². The number of ether oxygens (including phenoxy) is 2. The molecule has 1 aliphatic carbocycles. The van der Waals surface area contributed by atoms with E-state index in [0.717, 1.165) is 21.6 Å². The number of aryl methyl sites for hydroxylation is 2. The fourth-order valence-electron chi connectivity index (χ4n) is 6.55. The normalized spacial score (nSPS) is 30.4. The van der Waals surface area contributed by atoms with Gasteiger partial charge in [0.15, 0.2) is 5.79 Å². The lowest BCUT2D eigenvalue weighted by Gasteiger charge is -2.44. The number of nitrogens with zero attached hydrogens (tertiary/aromatic N) is 1. The number of benzene rings is 2. The van der Waals surface area contributed by atoms with Crippen molar-refractivity contribution in [1.29, 1.82) is 0 Å². The number of phenols is 1. The van der Waals surface area contributed by atoms with E-state index in [0.29, 0.717) is 18.6 Å². The predicted octanol–water partition coefficient (Wildman–Crippen LogP) is 4.74. The van der Waals surface area contributed by atoms with Crippen LogP contribution in [0.5, 0.6) is 11.5 Å². The molecule has 3 aliphatic rings. The highest BCUT2D eigenvalue weighted by Gasteiger charge is 2.66. The van der Waals surface area contributed by atoms with Gasteiger partial charge in [0.25, 0.3) is 0 Å². The van der Waals surface area contributed by atoms with Crippen molar-refractivity contribution in [3.05, 3.63) is 81.5 Å². The summed E-state index contributed by atoms with van der Waals surface area (Å²) in [7, 11) is 0. The highest BCUT2D eigenvalue weighted by Crippen LogP contribution is 2.58. The van der Waals surface area contributed by atoms with Crippen molar-refractivity contribution in [3.63, 3.8) is 0 Å². The maximum Gasteiger partial charge on any atom is 0.233 e. The van der Waals surface area contributed by atoms with Gasteiger partial charge in [0.05, 0.1) is 31.1 Å². The molecule has 6 atom stereocenters. The second-order valence-electron chi connectivity index (χ2n) is 10.7. The summed E-state index contributed by atoms with van der Waals surface area (Å²) in [5.41, 5.74) is 2.29. The van der Waals surface area contributed by atoms with Gasteiger partial charge in [-0.2, -0.15) is 0 Å². The zero-order chi connectivity index (χ0) is 26.6. The van der Waals surface area contributed by atoms with Gasteiger partial charge in [-0.25, -0.2) is 0 Å². The smallest absolute Gasteiger partial charge is 0.233 e. The van der Waals surface area contributed by atoms with E-state index in [4.69, 9.17) is 9.47 Å². The van der Waals surface area contributed by atoms with Gasteiger partial charge in [-0.1, -0.05) is 24.3 Å². The SMILES string of the molecule is Cc1cc([C@@H]2C[C@H]3[C@H]4C(=O)N(Cc5cccs5)C(=O)[C@H]4C[C@H](COc4ccccc4)[C@@]3(O)O2)cc(C)c1O. The third-order valence-electron chi connectivity index (χ3n) is 8.43. The van der Waals surface area contributed by atoms with Gasteiger partial charge in [0, 0.05) is 16.7 Å². The van der Waals surface area contributed by atoms with Crippen LogP contribution < -0.4 is 4.74 Å². The Balaban J connectivity index is 1.34. The van der Waals surface area contributed by atoms with Gasteiger partial charge >= 0.3 is 0 Å². The van der Waals surface area contributed by atoms with Gasteiger partial charge in [-0.15, -0.1) is 11.3 Å². The van der Waals surface area contributed by atoms with Crippen LogP contribution in [0.1, 0.15) is 40.5 Å². The highest BCUT2D eigenvalue weighted by atomic mass is 32.1. The third kappa shape index (κ3) is 4.11. The Morgan fingerprint density at radius 1 is 1.05 bits per heavy atom. The maximum absolute atomic E-state index is 13.7. The van der Waals surface area contributed by atoms with Crippen LogP contribution in [0, 0.1) is 37.5 Å². The number of hydrogen-bond acceptors (Lipinski definition) is 7. The second kappa shape index (κ2) is 9.52. The maximum atomic E-state index is 13.7. The molecule has 1 saturated carbocycles. The van der Waals surface area contributed by atoms with Crippen molar-refractivity contribution < 1.29 is 29.3 Å². The van der Waals surface area contributed by atoms with Crippen LogP contribution >= 0.6 is 11.3 Å². The number of fused-ring (bicyclic) bond motifs is 3. The van der Waals surface area contributed by atoms with Gasteiger partial charge in [0.1, 0.15) is 11.5 Å². The van der Waals surface area contributed by atoms with Gasteiger partial charge < -0.3 is 19.7 Å². The van der Waals surface area contributed by atoms with Crippen LogP contribution in [-0.4, -0.2) is 39.3 Å². The van der Waals surface area contributed by atoms with Crippen LogP contribution in [0.15, 0.2) is 60.0 Å². The van der Waals surface area contributed by atoms with E-state index < -0.39 is 35.6 Å². The zero-order valence-corrected chi connectivity index (χ0v) is 22.2. The van der Waals surface area contributed by atoms with E-state index in [1.807, 2.05) is 73.8 Å². The van der Waals surface area contributed by atoms with Crippen LogP contribution in [0.2, 0.25) is 0 Å². The topological polar surface area (TPSA) is 96.3 Å². The molecule has 1 aromatic heterocycles. The first kappa shape index (κ1) is 25.1. The number of imide groups is 1. The molecule has 8 heteroatoms. The number of likely N-dealkylation sites (tertiary alicyclic amines) is 1. The average Bonchev–Trinajstić information content (AvgIpc) is 3.60. The van der Waals surface area contributed by atoms with Crippen molar-refractivity contribution in [2.75, 3.05) is 6.61 Å². The number of carbonyl (C=O) groups excluding carboxylic acids is 2. The second-order valence-corrected chi connectivity index (χ2v) is 11.8. The number of aromatic hydroxyl groups is 1. The number of carbonyl (C=O) groups is 2. The molecule has 0 spiro atoms. The Bertz CT molecular complexity index is 1340. The van der Waals surface area contributed by atoms with E-state index in [1.165, 1.54) is 16.2 Å². The molecule has 0 radical (unpaired) electrons. The molecular weight excluding hydrogens is 502 g/mol. The molecule has 0 bridgehead atoms. The summed E-state index contributed by atoms with van der Waals surface area (Å²) in [4.78, 5) is 29.6. The molecule has 3 heterocycles. The summed E-state index contributed by atoms with van der Waals surface area (Å²) in [6, 6.07) is 16.9. The Labute approximate surface area is 225 Å². The van der Waals surface area contributed by atoms with Crippen LogP contribution in [0.3, 0.4) is 0 Å². The minimum absolute atomic E-state index is 0.160. The number of thiophene rings is 1. The van der Waals surface area contributed by atoms with E-state index in [2.05, 4.69) is 0 Å². The van der Waals surface area contributed by atoms with Crippen molar-refractivity contribution in [3.8, 4) is 11.5 Å². The number of aliphatic hydroxyl groups is 1. The molecule has 6 rings (SSSR count). The molecule has 7 nitrogen and oxygen atoms in total. The van der Waals surface area contributed by atoms with Gasteiger partial charge in [-0.3, -0.25) is 14.5 Å². The molecule has 2 saturated heterocycles. The number of rotatable bonds is 6. The minimum atomic E-state index is -1.63. The van der Waals surface area contributed by atoms with Crippen molar-refractivity contribution >= 4 is 23.2 Å². The number of phenolic OH excluding ortho intramolecular Hbond substituents is 1. The summed E-state index contributed by atoms with van der Waals surface area (Å²) in [5, 5.41) is 24.3. The summed E-state index contributed by atoms with van der Waals surface area (Å²) < 4.78 is 12.5. The zero-order valence-electron chi connectivity index (χ0n) is 21.4. The standard InChI is InChI=1S/C30H31NO6S/c1-17-11-19(12-18(2)27(17)32)25-14-24-26-23(28(33)31(29(26)34)15-22-9-6-10-38-22)13-20(30(24,35)37-25)16-36-21-7-4-3-5-8-21/h3-12,20,23-26,32,35H,13-16H2,1-2H3/t20-,23+,24+,25+,26+,30-/m1/s1. The molecular formula is C30H31NO6S. The van der Waals surface area contributed by atoms with Crippen molar-refractivity contribution in [2.24, 2.45) is 23.7 Å². The first-order valence-electron chi connectivity index (χ1n) is 13.0. The van der Waals surface area contributed by atoms with Crippen LogP contribution in [0.4, 0.5) is 0 Å². The molecule has 38 heavy (non-hydrogen) atoms. The Morgan fingerprint density at radius 2 is 1.79 bits per heavy atom. The van der Waals surface area contributed by atoms with Crippen LogP contribution in [-0.2, 0) is 20.9 Å². The van der Waals surface area contributed by atoms with Gasteiger partial charge in [-0.05, 0) is 79.1 Å². The van der Waals surface area contributed by atoms with Crippen molar-refractivity contribution in [2.45, 2.75) is 45.1 Å². The van der Waals surface area contributed by atoms with E-state index in [9.17, 15) is 19.8 Å². The average molecular weight is 534 g/mol. The number of para-hydroxylation sites is 1. The monoisotopic (exact) mass is 533 g/mol. The molecule has 0 unspecified atom stereocenters. The summed E-state index contributed by atoms with van der Waals surface area (Å²) in [5.74, 6) is -3.38. The fraction of sp³-hybridized carbons (Fsp3) is 0.400. The first-order chi connectivity index (χ1) is 18.3. The molecule has 2 N–H and O–H groups in total. The minimum Gasteiger partial charge on any atom is -0.507 e. The first-order valence-corrected chi connectivity index (χ1v) is 13.9. The molecule has 3 fully saturated rings. The third-order valence-corrected chi connectivity index (χ3v) is 9.29. The van der Waals surface area contributed by atoms with Gasteiger partial charge in [0.2, 0.25) is 11.8 Å².